The van der Waals surface area contributed by atoms with Gasteiger partial charge < -0.3 is 20.1 Å². The maximum atomic E-state index is 11.5. The van der Waals surface area contributed by atoms with Crippen molar-refractivity contribution in [1.82, 2.24) is 15.5 Å². The van der Waals surface area contributed by atoms with Crippen LogP contribution in [0.3, 0.4) is 0 Å². The number of rotatable bonds is 9. The van der Waals surface area contributed by atoms with E-state index in [1.165, 1.54) is 20.0 Å². The molecule has 1 saturated heterocycles. The van der Waals surface area contributed by atoms with Crippen LogP contribution >= 0.6 is 24.0 Å². The van der Waals surface area contributed by atoms with Gasteiger partial charge in [0.05, 0.1) is 25.9 Å². The van der Waals surface area contributed by atoms with E-state index in [9.17, 15) is 4.79 Å². The molecule has 1 atom stereocenters. The van der Waals surface area contributed by atoms with Crippen LogP contribution in [0, 0.1) is 5.92 Å². The van der Waals surface area contributed by atoms with E-state index in [1.54, 1.807) is 19.2 Å². The van der Waals surface area contributed by atoms with Crippen molar-refractivity contribution in [3.63, 3.8) is 0 Å². The molecule has 8 heteroatoms. The molecule has 1 fully saturated rings. The molecule has 0 spiro atoms. The van der Waals surface area contributed by atoms with Crippen LogP contribution in [0.5, 0.6) is 0 Å². The predicted octanol–water partition coefficient (Wildman–Crippen LogP) is 2.89. The molecule has 0 amide bonds. The third kappa shape index (κ3) is 8.03. The normalized spacial score (nSPS) is 16.0. The van der Waals surface area contributed by atoms with Gasteiger partial charge in [-0.15, -0.1) is 24.0 Å². The van der Waals surface area contributed by atoms with Crippen molar-refractivity contribution in [3.05, 3.63) is 35.4 Å². The lowest BCUT2D eigenvalue weighted by molar-refractivity contribution is 0.00272. The fraction of sp³-hybridized carbons (Fsp3) is 0.636. The Morgan fingerprint density at radius 3 is 2.33 bits per heavy atom. The van der Waals surface area contributed by atoms with Crippen LogP contribution in [0.1, 0.15) is 42.6 Å². The van der Waals surface area contributed by atoms with Gasteiger partial charge in [0.15, 0.2) is 5.96 Å². The summed E-state index contributed by atoms with van der Waals surface area (Å²) in [6.07, 6.45) is 2.33. The van der Waals surface area contributed by atoms with Gasteiger partial charge in [-0.1, -0.05) is 38.8 Å². The van der Waals surface area contributed by atoms with E-state index >= 15 is 0 Å². The third-order valence-corrected chi connectivity index (χ3v) is 5.64. The van der Waals surface area contributed by atoms with E-state index < -0.39 is 0 Å². The zero-order valence-corrected chi connectivity index (χ0v) is 21.0. The summed E-state index contributed by atoms with van der Waals surface area (Å²) >= 11 is 0. The maximum Gasteiger partial charge on any atom is 0.337 e. The molecular weight excluding hydrogens is 495 g/mol. The Morgan fingerprint density at radius 1 is 1.17 bits per heavy atom. The molecule has 0 radical (unpaired) electrons. The second kappa shape index (κ2) is 14.6. The number of methoxy groups -OCH3 is 1. The lowest BCUT2D eigenvalue weighted by atomic mass is 9.92. The highest BCUT2D eigenvalue weighted by molar-refractivity contribution is 14.0. The molecule has 1 unspecified atom stereocenters. The lowest BCUT2D eigenvalue weighted by Gasteiger charge is -2.39. The first-order valence-corrected chi connectivity index (χ1v) is 10.6. The van der Waals surface area contributed by atoms with Crippen molar-refractivity contribution in [2.24, 2.45) is 10.9 Å². The van der Waals surface area contributed by atoms with E-state index in [0.717, 1.165) is 44.4 Å². The van der Waals surface area contributed by atoms with Crippen molar-refractivity contribution in [1.29, 1.82) is 0 Å². The molecule has 2 N–H and O–H groups in total. The lowest BCUT2D eigenvalue weighted by Crippen LogP contribution is -2.53. The fourth-order valence-electron chi connectivity index (χ4n) is 3.82. The molecule has 7 nitrogen and oxygen atoms in total. The van der Waals surface area contributed by atoms with Gasteiger partial charge in [0.2, 0.25) is 0 Å². The summed E-state index contributed by atoms with van der Waals surface area (Å²) in [7, 11) is 3.18. The summed E-state index contributed by atoms with van der Waals surface area (Å²) in [5.41, 5.74) is 1.63. The molecule has 2 rings (SSSR count). The van der Waals surface area contributed by atoms with E-state index in [-0.39, 0.29) is 29.9 Å². The minimum Gasteiger partial charge on any atom is -0.465 e. The van der Waals surface area contributed by atoms with Gasteiger partial charge in [-0.2, -0.15) is 0 Å². The Morgan fingerprint density at radius 2 is 1.80 bits per heavy atom. The highest BCUT2D eigenvalue weighted by atomic mass is 127. The van der Waals surface area contributed by atoms with Crippen molar-refractivity contribution in [2.45, 2.75) is 39.3 Å². The Balaban J connectivity index is 0.00000450. The van der Waals surface area contributed by atoms with Gasteiger partial charge in [0.1, 0.15) is 0 Å². The van der Waals surface area contributed by atoms with E-state index in [1.807, 2.05) is 12.1 Å². The first-order chi connectivity index (χ1) is 14.1. The summed E-state index contributed by atoms with van der Waals surface area (Å²) in [6, 6.07) is 7.87. The molecule has 1 aromatic carbocycles. The van der Waals surface area contributed by atoms with Crippen molar-refractivity contribution in [2.75, 3.05) is 47.0 Å². The van der Waals surface area contributed by atoms with Crippen LogP contribution in [-0.2, 0) is 16.0 Å². The number of benzene rings is 1. The van der Waals surface area contributed by atoms with E-state index in [2.05, 4.69) is 34.4 Å². The Hall–Kier alpha value is -1.39. The van der Waals surface area contributed by atoms with E-state index in [0.29, 0.717) is 24.1 Å². The molecular formula is C22H37IN4O3. The molecule has 0 aromatic heterocycles. The number of halogens is 1. The summed E-state index contributed by atoms with van der Waals surface area (Å²) < 4.78 is 10.3. The fourth-order valence-corrected chi connectivity index (χ4v) is 3.82. The largest absolute Gasteiger partial charge is 0.465 e. The average molecular weight is 532 g/mol. The van der Waals surface area contributed by atoms with Gasteiger partial charge in [-0.25, -0.2) is 4.79 Å². The van der Waals surface area contributed by atoms with E-state index in [4.69, 9.17) is 9.47 Å². The van der Waals surface area contributed by atoms with Gasteiger partial charge in [-0.05, 0) is 23.6 Å². The number of esters is 1. The van der Waals surface area contributed by atoms with Crippen molar-refractivity contribution < 1.29 is 14.3 Å². The number of carbonyl (C=O) groups is 1. The second-order valence-electron chi connectivity index (χ2n) is 7.29. The monoisotopic (exact) mass is 532 g/mol. The van der Waals surface area contributed by atoms with Gasteiger partial charge in [-0.3, -0.25) is 9.89 Å². The highest BCUT2D eigenvalue weighted by Gasteiger charge is 2.27. The zero-order chi connectivity index (χ0) is 21.1. The van der Waals surface area contributed by atoms with Gasteiger partial charge in [0.25, 0.3) is 0 Å². The van der Waals surface area contributed by atoms with Crippen LogP contribution in [0.2, 0.25) is 0 Å². The maximum absolute atomic E-state index is 11.5. The van der Waals surface area contributed by atoms with Crippen molar-refractivity contribution in [3.8, 4) is 0 Å². The van der Waals surface area contributed by atoms with Crippen LogP contribution in [0.15, 0.2) is 29.3 Å². The first kappa shape index (κ1) is 26.6. The Labute approximate surface area is 198 Å². The Bertz CT molecular complexity index is 644. The molecule has 0 aliphatic carbocycles. The Kier molecular flexibility index (Phi) is 13.0. The predicted molar refractivity (Wildman–Crippen MR) is 132 cm³/mol. The molecule has 170 valence electrons. The zero-order valence-electron chi connectivity index (χ0n) is 18.6. The first-order valence-electron chi connectivity index (χ1n) is 10.6. The number of hydrogen-bond acceptors (Lipinski definition) is 5. The van der Waals surface area contributed by atoms with Crippen LogP contribution in [0.4, 0.5) is 0 Å². The SMILES string of the molecule is CCC(CC)C(CNC(=NC)NCc1ccc(C(=O)OC)cc1)N1CCOCC1.I. The van der Waals surface area contributed by atoms with Gasteiger partial charge in [0, 0.05) is 39.3 Å². The average Bonchev–Trinajstić information content (AvgIpc) is 2.78. The minimum atomic E-state index is -0.322. The summed E-state index contributed by atoms with van der Waals surface area (Å²) in [4.78, 5) is 18.5. The molecule has 1 aliphatic rings. The van der Waals surface area contributed by atoms with Crippen LogP contribution in [-0.4, -0.2) is 69.9 Å². The number of carbonyl (C=O) groups excluding carboxylic acids is 1. The summed E-state index contributed by atoms with van der Waals surface area (Å²) in [6.45, 7) is 9.63. The molecule has 1 aromatic rings. The molecule has 0 bridgehead atoms. The standard InChI is InChI=1S/C22H36N4O3.HI/c1-5-18(6-2)20(26-11-13-29-14-12-26)16-25-22(23-3)24-15-17-7-9-19(10-8-17)21(27)28-4;/h7-10,18,20H,5-6,11-16H2,1-4H3,(H2,23,24,25);1H. The molecule has 0 saturated carbocycles. The van der Waals surface area contributed by atoms with Crippen LogP contribution < -0.4 is 10.6 Å². The van der Waals surface area contributed by atoms with Crippen LogP contribution in [0.25, 0.3) is 0 Å². The highest BCUT2D eigenvalue weighted by Crippen LogP contribution is 2.19. The topological polar surface area (TPSA) is 75.2 Å². The second-order valence-corrected chi connectivity index (χ2v) is 7.29. The number of nitrogens with one attached hydrogen (secondary N) is 2. The minimum absolute atomic E-state index is 0. The number of morpholine rings is 1. The smallest absolute Gasteiger partial charge is 0.337 e. The quantitative estimate of drug-likeness (QED) is 0.221. The number of nitrogens with zero attached hydrogens (tertiary/aromatic N) is 2. The number of ether oxygens (including phenoxy) is 2. The molecule has 1 aliphatic heterocycles. The number of hydrogen-bond donors (Lipinski definition) is 2. The molecule has 1 heterocycles. The summed E-state index contributed by atoms with van der Waals surface area (Å²) in [5.74, 6) is 1.10. The van der Waals surface area contributed by atoms with Crippen molar-refractivity contribution >= 4 is 35.9 Å². The number of aliphatic imine (C=N–C) groups is 1. The van der Waals surface area contributed by atoms with Gasteiger partial charge >= 0.3 is 5.97 Å². The molecule has 30 heavy (non-hydrogen) atoms. The third-order valence-electron chi connectivity index (χ3n) is 5.64. The number of guanidine groups is 1. The summed E-state index contributed by atoms with van der Waals surface area (Å²) in [5, 5.41) is 6.87.